The first-order valence-electron chi connectivity index (χ1n) is 7.60. The van der Waals surface area contributed by atoms with Crippen molar-refractivity contribution in [3.63, 3.8) is 0 Å². The lowest BCUT2D eigenvalue weighted by Crippen LogP contribution is -2.46. The number of hydrogen-bond acceptors (Lipinski definition) is 4. The third-order valence-corrected chi connectivity index (χ3v) is 5.97. The highest BCUT2D eigenvalue weighted by Crippen LogP contribution is 2.26. The fraction of sp³-hybridized carbons (Fsp3) is 0.533. The summed E-state index contributed by atoms with van der Waals surface area (Å²) in [4.78, 5) is 12.0. The van der Waals surface area contributed by atoms with Gasteiger partial charge in [-0.2, -0.15) is 4.31 Å². The number of amides is 1. The molecule has 1 heterocycles. The fourth-order valence-electron chi connectivity index (χ4n) is 2.71. The molecule has 0 aliphatic carbocycles. The number of nitrogens with zero attached hydrogens (tertiary/aromatic N) is 1. The second kappa shape index (κ2) is 7.37. The van der Waals surface area contributed by atoms with Crippen LogP contribution >= 0.6 is 0 Å². The number of nitrogens with two attached hydrogens (primary N) is 1. The van der Waals surface area contributed by atoms with Gasteiger partial charge in [0.2, 0.25) is 15.9 Å². The van der Waals surface area contributed by atoms with Crippen molar-refractivity contribution in [2.45, 2.75) is 24.7 Å². The van der Waals surface area contributed by atoms with Crippen LogP contribution < -0.4 is 11.1 Å². The highest BCUT2D eigenvalue weighted by atomic mass is 32.2. The fourth-order valence-corrected chi connectivity index (χ4v) is 4.47. The molecule has 1 saturated heterocycles. The summed E-state index contributed by atoms with van der Waals surface area (Å²) < 4.78 is 40.2. The number of halogens is 1. The van der Waals surface area contributed by atoms with E-state index in [0.29, 0.717) is 38.0 Å². The smallest absolute Gasteiger partial charge is 0.243 e. The summed E-state index contributed by atoms with van der Waals surface area (Å²) in [5.74, 6) is -1.19. The summed E-state index contributed by atoms with van der Waals surface area (Å²) in [6.45, 7) is 2.77. The molecule has 6 nitrogen and oxygen atoms in total. The maximum absolute atomic E-state index is 13.4. The second-order valence-corrected chi connectivity index (χ2v) is 7.60. The molecule has 8 heteroatoms. The van der Waals surface area contributed by atoms with E-state index < -0.39 is 21.8 Å². The molecule has 1 amide bonds. The highest BCUT2D eigenvalue weighted by Gasteiger charge is 2.34. The maximum Gasteiger partial charge on any atom is 0.243 e. The summed E-state index contributed by atoms with van der Waals surface area (Å²) in [6.07, 6.45) is 1.22. The molecule has 1 aromatic carbocycles. The second-order valence-electron chi connectivity index (χ2n) is 5.69. The van der Waals surface area contributed by atoms with Crippen LogP contribution in [0.25, 0.3) is 0 Å². The van der Waals surface area contributed by atoms with Crippen LogP contribution in [0.3, 0.4) is 0 Å². The van der Waals surface area contributed by atoms with Crippen LogP contribution in [0.5, 0.6) is 0 Å². The third kappa shape index (κ3) is 4.07. The van der Waals surface area contributed by atoms with Crippen molar-refractivity contribution >= 4 is 15.9 Å². The van der Waals surface area contributed by atoms with Crippen LogP contribution in [0.4, 0.5) is 4.39 Å². The van der Waals surface area contributed by atoms with Crippen molar-refractivity contribution in [1.82, 2.24) is 9.62 Å². The van der Waals surface area contributed by atoms with Gasteiger partial charge >= 0.3 is 0 Å². The van der Waals surface area contributed by atoms with Crippen molar-refractivity contribution in [3.8, 4) is 0 Å². The summed E-state index contributed by atoms with van der Waals surface area (Å²) in [7, 11) is -3.81. The monoisotopic (exact) mass is 343 g/mol. The van der Waals surface area contributed by atoms with Gasteiger partial charge in [0, 0.05) is 26.2 Å². The van der Waals surface area contributed by atoms with E-state index >= 15 is 0 Å². The summed E-state index contributed by atoms with van der Waals surface area (Å²) >= 11 is 0. The van der Waals surface area contributed by atoms with Gasteiger partial charge < -0.3 is 11.1 Å². The molecular weight excluding hydrogens is 321 g/mol. The molecule has 2 rings (SSSR count). The summed E-state index contributed by atoms with van der Waals surface area (Å²) in [6, 6.07) is 3.70. The Morgan fingerprint density at radius 3 is 2.91 bits per heavy atom. The lowest BCUT2D eigenvalue weighted by Gasteiger charge is -2.31. The van der Waals surface area contributed by atoms with Gasteiger partial charge in [-0.15, -0.1) is 0 Å². The van der Waals surface area contributed by atoms with Gasteiger partial charge in [0.05, 0.1) is 10.8 Å². The van der Waals surface area contributed by atoms with Crippen molar-refractivity contribution in [2.75, 3.05) is 26.2 Å². The largest absolute Gasteiger partial charge is 0.355 e. The predicted molar refractivity (Wildman–Crippen MR) is 84.7 cm³/mol. The van der Waals surface area contributed by atoms with Gasteiger partial charge in [0.25, 0.3) is 0 Å². The first-order valence-corrected chi connectivity index (χ1v) is 9.04. The number of carbonyl (C=O) groups excluding carboxylic acids is 1. The minimum atomic E-state index is -3.81. The van der Waals surface area contributed by atoms with Crippen LogP contribution in [0.2, 0.25) is 0 Å². The zero-order chi connectivity index (χ0) is 17.0. The Morgan fingerprint density at radius 2 is 2.22 bits per heavy atom. The van der Waals surface area contributed by atoms with Crippen molar-refractivity contribution < 1.29 is 17.6 Å². The van der Waals surface area contributed by atoms with Gasteiger partial charge in [-0.1, -0.05) is 6.07 Å². The molecule has 0 saturated carbocycles. The predicted octanol–water partition coefficient (Wildman–Crippen LogP) is 0.610. The molecule has 3 N–H and O–H groups in total. The first-order chi connectivity index (χ1) is 10.9. The molecule has 128 valence electrons. The van der Waals surface area contributed by atoms with Gasteiger partial charge in [-0.25, -0.2) is 12.8 Å². The molecule has 0 aromatic heterocycles. The molecule has 1 atom stereocenters. The van der Waals surface area contributed by atoms with Crippen molar-refractivity contribution in [2.24, 2.45) is 11.7 Å². The zero-order valence-corrected chi connectivity index (χ0v) is 13.9. The molecule has 1 fully saturated rings. The standard InChI is InChI=1S/C15H22FN3O3S/c1-11-4-5-13(16)9-14(11)23(21,22)19-8-2-3-12(10-19)15(20)18-7-6-17/h4-5,9,12H,2-3,6-8,10,17H2,1H3,(H,18,20). The van der Waals surface area contributed by atoms with Gasteiger partial charge in [-0.05, 0) is 37.5 Å². The quantitative estimate of drug-likeness (QED) is 0.819. The Kier molecular flexibility index (Phi) is 5.72. The van der Waals surface area contributed by atoms with E-state index in [1.807, 2.05) is 0 Å². The molecule has 0 spiro atoms. The van der Waals surface area contributed by atoms with E-state index in [1.165, 1.54) is 16.4 Å². The molecule has 0 bridgehead atoms. The minimum Gasteiger partial charge on any atom is -0.355 e. The van der Waals surface area contributed by atoms with E-state index in [1.54, 1.807) is 6.92 Å². The lowest BCUT2D eigenvalue weighted by atomic mass is 9.99. The minimum absolute atomic E-state index is 0.0412. The van der Waals surface area contributed by atoms with Crippen molar-refractivity contribution in [3.05, 3.63) is 29.6 Å². The molecule has 1 unspecified atom stereocenters. The number of hydrogen-bond donors (Lipinski definition) is 2. The third-order valence-electron chi connectivity index (χ3n) is 3.97. The molecule has 1 aliphatic heterocycles. The van der Waals surface area contributed by atoms with Crippen molar-refractivity contribution in [1.29, 1.82) is 0 Å². The number of sulfonamides is 1. The molecule has 1 aromatic rings. The van der Waals surface area contributed by atoms with Crippen LogP contribution in [0, 0.1) is 18.7 Å². The van der Waals surface area contributed by atoms with E-state index in [9.17, 15) is 17.6 Å². The number of carbonyl (C=O) groups is 1. The van der Waals surface area contributed by atoms with Gasteiger partial charge in [-0.3, -0.25) is 4.79 Å². The average Bonchev–Trinajstić information content (AvgIpc) is 2.54. The zero-order valence-electron chi connectivity index (χ0n) is 13.1. The number of benzene rings is 1. The normalized spacial score (nSPS) is 19.5. The average molecular weight is 343 g/mol. The lowest BCUT2D eigenvalue weighted by molar-refractivity contribution is -0.126. The number of piperidine rings is 1. The first kappa shape index (κ1) is 17.8. The molecule has 1 aliphatic rings. The van der Waals surface area contributed by atoms with Crippen LogP contribution in [0.1, 0.15) is 18.4 Å². The maximum atomic E-state index is 13.4. The molecule has 0 radical (unpaired) electrons. The highest BCUT2D eigenvalue weighted by molar-refractivity contribution is 7.89. The summed E-state index contributed by atoms with van der Waals surface area (Å²) in [5, 5.41) is 2.69. The topological polar surface area (TPSA) is 92.5 Å². The van der Waals surface area contributed by atoms with Crippen LogP contribution in [-0.4, -0.2) is 44.8 Å². The Morgan fingerprint density at radius 1 is 1.48 bits per heavy atom. The number of aryl methyl sites for hydroxylation is 1. The molecular formula is C15H22FN3O3S. The Balaban J connectivity index is 2.19. The molecule has 23 heavy (non-hydrogen) atoms. The van der Waals surface area contributed by atoms with Crippen LogP contribution in [-0.2, 0) is 14.8 Å². The SMILES string of the molecule is Cc1ccc(F)cc1S(=O)(=O)N1CCCC(C(=O)NCCN)C1. The van der Waals surface area contributed by atoms with Crippen LogP contribution in [0.15, 0.2) is 23.1 Å². The Bertz CT molecular complexity index is 679. The van der Waals surface area contributed by atoms with E-state index in [4.69, 9.17) is 5.73 Å². The van der Waals surface area contributed by atoms with E-state index in [2.05, 4.69) is 5.32 Å². The number of rotatable bonds is 5. The number of nitrogens with one attached hydrogen (secondary N) is 1. The summed E-state index contributed by atoms with van der Waals surface area (Å²) in [5.41, 5.74) is 5.84. The van der Waals surface area contributed by atoms with E-state index in [0.717, 1.165) is 6.07 Å². The van der Waals surface area contributed by atoms with Gasteiger partial charge in [0.1, 0.15) is 5.82 Å². The van der Waals surface area contributed by atoms with Gasteiger partial charge in [0.15, 0.2) is 0 Å². The van der Waals surface area contributed by atoms with E-state index in [-0.39, 0.29) is 17.3 Å². The Hall–Kier alpha value is -1.51. The Labute approximate surface area is 135 Å².